The molecule has 13 nitrogen and oxygen atoms in total. The molecule has 2 aliphatic heterocycles. The highest BCUT2D eigenvalue weighted by molar-refractivity contribution is 6.07. The largest absolute Gasteiger partial charge is 0.433 e. The van der Waals surface area contributed by atoms with Gasteiger partial charge in [-0.05, 0) is 80.3 Å². The van der Waals surface area contributed by atoms with Crippen LogP contribution >= 0.6 is 0 Å². The number of alkyl halides is 3. The van der Waals surface area contributed by atoms with Crippen molar-refractivity contribution in [2.75, 3.05) is 11.9 Å². The standard InChI is InChI=1S/C40H42F3N9O4/c1-21-11-12-30(40(41,42)43)46-37(21)47-38(56)29-16-39-20-45-32(54)10-8-6-5-7-9-25-14-26(27-17-44-31-13-22(2)48-50(31)18-27)15-28-34(24(4)53)49-51(35(25)28)19-33(55)52(29)36(39)23(39)3/h11-15,17-18,23,29,36H,5-10,16,19-20H2,1-4H3,(H,45,54)(H,46,47,56)/t23-,29-,36?,39+/m0/s1. The van der Waals surface area contributed by atoms with E-state index >= 15 is 0 Å². The molecule has 0 radical (unpaired) electrons. The lowest BCUT2D eigenvalue weighted by atomic mass is 9.95. The Labute approximate surface area is 320 Å². The molecule has 1 saturated carbocycles. The van der Waals surface area contributed by atoms with Crippen LogP contribution in [0.1, 0.15) is 85.4 Å². The zero-order valence-electron chi connectivity index (χ0n) is 31.5. The van der Waals surface area contributed by atoms with Crippen molar-refractivity contribution in [3.8, 4) is 11.1 Å². The van der Waals surface area contributed by atoms with Crippen LogP contribution in [0.4, 0.5) is 19.0 Å². The number of amides is 3. The zero-order chi connectivity index (χ0) is 39.7. The summed E-state index contributed by atoms with van der Waals surface area (Å²) in [5.41, 5.74) is 3.37. The van der Waals surface area contributed by atoms with Crippen molar-refractivity contribution in [3.05, 3.63) is 70.9 Å². The molecule has 8 rings (SSSR count). The van der Waals surface area contributed by atoms with Crippen LogP contribution in [0.25, 0.3) is 27.7 Å². The van der Waals surface area contributed by atoms with Gasteiger partial charge in [0.2, 0.25) is 17.7 Å². The van der Waals surface area contributed by atoms with Crippen molar-refractivity contribution in [3.63, 3.8) is 0 Å². The molecule has 4 aromatic heterocycles. The SMILES string of the molecule is CC(=O)c1nn2c3c(cc(-c4cnc5cc(C)nn5c4)cc13)CCCCCCC(=O)NC[C@@]13C[C@@H](C(=O)Nc4nc(C(F)(F)F)ccc4C)N(C(=O)C2)C1[C@@H]3C. The summed E-state index contributed by atoms with van der Waals surface area (Å²) >= 11 is 0. The number of fused-ring (bicyclic) bond motifs is 1. The fourth-order valence-corrected chi connectivity index (χ4v) is 8.84. The number of hydrogen-bond donors (Lipinski definition) is 2. The highest BCUT2D eigenvalue weighted by atomic mass is 19.4. The van der Waals surface area contributed by atoms with Gasteiger partial charge in [-0.1, -0.05) is 25.8 Å². The van der Waals surface area contributed by atoms with E-state index in [-0.39, 0.29) is 48.6 Å². The molecule has 2 N–H and O–H groups in total. The zero-order valence-corrected chi connectivity index (χ0v) is 31.5. The van der Waals surface area contributed by atoms with E-state index in [1.54, 1.807) is 15.4 Å². The Morgan fingerprint density at radius 1 is 1.00 bits per heavy atom. The van der Waals surface area contributed by atoms with Crippen molar-refractivity contribution in [2.45, 2.75) is 97.4 Å². The molecular weight excluding hydrogens is 727 g/mol. The van der Waals surface area contributed by atoms with Crippen LogP contribution in [-0.2, 0) is 33.5 Å². The lowest BCUT2D eigenvalue weighted by molar-refractivity contribution is -0.141. The Bertz CT molecular complexity index is 2440. The number of pyridine rings is 1. The average Bonchev–Trinajstić information content (AvgIpc) is 3.52. The summed E-state index contributed by atoms with van der Waals surface area (Å²) in [6.07, 6.45) is 3.20. The first-order valence-electron chi connectivity index (χ1n) is 18.9. The lowest BCUT2D eigenvalue weighted by Gasteiger charge is -2.28. The van der Waals surface area contributed by atoms with E-state index in [0.717, 1.165) is 47.7 Å². The van der Waals surface area contributed by atoms with Gasteiger partial charge in [0.25, 0.3) is 0 Å². The first kappa shape index (κ1) is 37.3. The number of nitrogens with zero attached hydrogens (tertiary/aromatic N) is 7. The van der Waals surface area contributed by atoms with Crippen LogP contribution < -0.4 is 10.6 Å². The molecule has 1 unspecified atom stereocenters. The third kappa shape index (κ3) is 6.57. The lowest BCUT2D eigenvalue weighted by Crippen LogP contribution is -2.47. The van der Waals surface area contributed by atoms with Gasteiger partial charge in [0.15, 0.2) is 11.4 Å². The highest BCUT2D eigenvalue weighted by Gasteiger charge is 2.72. The van der Waals surface area contributed by atoms with Crippen molar-refractivity contribution in [1.82, 2.24) is 39.6 Å². The summed E-state index contributed by atoms with van der Waals surface area (Å²) in [6, 6.07) is 6.38. The normalized spacial score (nSPS) is 23.2. The van der Waals surface area contributed by atoms with Gasteiger partial charge < -0.3 is 15.5 Å². The van der Waals surface area contributed by atoms with Crippen molar-refractivity contribution >= 4 is 45.9 Å². The second-order valence-electron chi connectivity index (χ2n) is 15.6. The summed E-state index contributed by atoms with van der Waals surface area (Å²) in [7, 11) is 0. The van der Waals surface area contributed by atoms with Crippen molar-refractivity contribution < 1.29 is 32.3 Å². The maximum absolute atomic E-state index is 14.7. The molecule has 6 heterocycles. The number of benzene rings is 1. The van der Waals surface area contributed by atoms with E-state index in [1.165, 1.54) is 24.8 Å². The van der Waals surface area contributed by atoms with Crippen LogP contribution in [0.2, 0.25) is 0 Å². The third-order valence-electron chi connectivity index (χ3n) is 11.8. The maximum Gasteiger partial charge on any atom is 0.433 e. The quantitative estimate of drug-likeness (QED) is 0.216. The van der Waals surface area contributed by atoms with Gasteiger partial charge >= 0.3 is 6.18 Å². The van der Waals surface area contributed by atoms with Crippen molar-refractivity contribution in [1.29, 1.82) is 0 Å². The van der Waals surface area contributed by atoms with Crippen LogP contribution in [-0.4, -0.2) is 76.4 Å². The van der Waals surface area contributed by atoms with Gasteiger partial charge in [0.05, 0.1) is 11.2 Å². The number of aromatic nitrogens is 6. The summed E-state index contributed by atoms with van der Waals surface area (Å²) < 4.78 is 44.0. The smallest absolute Gasteiger partial charge is 0.355 e. The molecule has 292 valence electrons. The van der Waals surface area contributed by atoms with Gasteiger partial charge in [-0.2, -0.15) is 23.4 Å². The molecule has 4 atom stereocenters. The number of carbonyl (C=O) groups is 4. The minimum Gasteiger partial charge on any atom is -0.355 e. The molecule has 3 amide bonds. The molecule has 3 aliphatic rings. The number of piperidine rings is 1. The number of nitrogens with one attached hydrogen (secondary N) is 2. The molecule has 16 heteroatoms. The predicted molar refractivity (Wildman–Crippen MR) is 199 cm³/mol. The molecule has 0 spiro atoms. The Morgan fingerprint density at radius 2 is 1.77 bits per heavy atom. The number of anilines is 1. The van der Waals surface area contributed by atoms with E-state index in [1.807, 2.05) is 38.2 Å². The molecule has 56 heavy (non-hydrogen) atoms. The Balaban J connectivity index is 1.20. The summed E-state index contributed by atoms with van der Waals surface area (Å²) in [5.74, 6) is -1.83. The van der Waals surface area contributed by atoms with Gasteiger partial charge in [-0.3, -0.25) is 23.9 Å². The van der Waals surface area contributed by atoms with Gasteiger partial charge in [0, 0.05) is 60.8 Å². The summed E-state index contributed by atoms with van der Waals surface area (Å²) in [6.45, 7) is 6.77. The highest BCUT2D eigenvalue weighted by Crippen LogP contribution is 2.64. The molecule has 1 saturated heterocycles. The van der Waals surface area contributed by atoms with E-state index in [9.17, 15) is 32.3 Å². The van der Waals surface area contributed by atoms with Crippen LogP contribution in [0.15, 0.2) is 42.7 Å². The summed E-state index contributed by atoms with van der Waals surface area (Å²) in [5, 5.41) is 15.4. The minimum atomic E-state index is -4.73. The van der Waals surface area contributed by atoms with E-state index in [4.69, 9.17) is 5.10 Å². The van der Waals surface area contributed by atoms with Crippen molar-refractivity contribution in [2.24, 2.45) is 11.3 Å². The predicted octanol–water partition coefficient (Wildman–Crippen LogP) is 5.85. The van der Waals surface area contributed by atoms with Crippen LogP contribution in [0.5, 0.6) is 0 Å². The van der Waals surface area contributed by atoms with Gasteiger partial charge in [-0.15, -0.1) is 0 Å². The second kappa shape index (κ2) is 13.8. The number of Topliss-reactive ketones (excluding diaryl/α,β-unsaturated/α-hetero) is 1. The molecule has 1 aromatic carbocycles. The molecule has 2 bridgehead atoms. The van der Waals surface area contributed by atoms with E-state index in [2.05, 4.69) is 25.7 Å². The number of ketones is 1. The number of carbonyl (C=O) groups excluding carboxylic acids is 4. The van der Waals surface area contributed by atoms with E-state index < -0.39 is 41.2 Å². The first-order chi connectivity index (χ1) is 26.6. The number of halogens is 3. The fraction of sp³-hybridized carbons (Fsp3) is 0.450. The van der Waals surface area contributed by atoms with Gasteiger partial charge in [0.1, 0.15) is 29.8 Å². The topological polar surface area (TPSA) is 156 Å². The molecule has 5 aromatic rings. The fourth-order valence-electron chi connectivity index (χ4n) is 8.84. The number of rotatable bonds is 4. The Hall–Kier alpha value is -5.67. The number of aryl methyl sites for hydroxylation is 3. The second-order valence-corrected chi connectivity index (χ2v) is 15.6. The van der Waals surface area contributed by atoms with Gasteiger partial charge in [-0.25, -0.2) is 14.5 Å². The first-order valence-corrected chi connectivity index (χ1v) is 18.9. The van der Waals surface area contributed by atoms with Crippen LogP contribution in [0, 0.1) is 25.2 Å². The maximum atomic E-state index is 14.7. The Kier molecular flexibility index (Phi) is 9.19. The summed E-state index contributed by atoms with van der Waals surface area (Å²) in [4.78, 5) is 64.7. The number of hydrogen-bond acceptors (Lipinski definition) is 8. The monoisotopic (exact) mass is 769 g/mol. The Morgan fingerprint density at radius 3 is 2.52 bits per heavy atom. The average molecular weight is 770 g/mol. The molecule has 2 fully saturated rings. The van der Waals surface area contributed by atoms with E-state index in [0.29, 0.717) is 41.4 Å². The van der Waals surface area contributed by atoms with Crippen LogP contribution in [0.3, 0.4) is 0 Å². The molecular formula is C40H42F3N9O4. The minimum absolute atomic E-state index is 0.0760. The third-order valence-corrected chi connectivity index (χ3v) is 11.8. The molecule has 1 aliphatic carbocycles.